The van der Waals surface area contributed by atoms with E-state index in [9.17, 15) is 13.2 Å². The third-order valence-electron chi connectivity index (χ3n) is 7.80. The van der Waals surface area contributed by atoms with Gasteiger partial charge in [-0.15, -0.1) is 0 Å². The molecular weight excluding hydrogens is 598 g/mol. The number of piperazine rings is 1. The largest absolute Gasteiger partial charge is 0.373 e. The maximum atomic E-state index is 15.4. The summed E-state index contributed by atoms with van der Waals surface area (Å²) in [5.41, 5.74) is 7.58. The predicted octanol–water partition coefficient (Wildman–Crippen LogP) is 5.82. The van der Waals surface area contributed by atoms with Crippen molar-refractivity contribution in [2.75, 3.05) is 18.4 Å². The van der Waals surface area contributed by atoms with Gasteiger partial charge in [-0.25, -0.2) is 12.8 Å². The summed E-state index contributed by atoms with van der Waals surface area (Å²) in [4.78, 5) is 12.8. The molecule has 0 bridgehead atoms. The van der Waals surface area contributed by atoms with Gasteiger partial charge in [0.2, 0.25) is 15.9 Å². The molecule has 4 atom stereocenters. The topological polar surface area (TPSA) is 105 Å². The summed E-state index contributed by atoms with van der Waals surface area (Å²) < 4.78 is 44.4. The number of primary amides is 1. The Morgan fingerprint density at radius 3 is 2.40 bits per heavy atom. The second-order valence-corrected chi connectivity index (χ2v) is 13.7. The van der Waals surface area contributed by atoms with Crippen LogP contribution < -0.4 is 16.4 Å². The Bertz CT molecular complexity index is 1500. The number of carbonyl (C=O) groups is 1. The van der Waals surface area contributed by atoms with Crippen LogP contribution >= 0.6 is 23.2 Å². The van der Waals surface area contributed by atoms with E-state index < -0.39 is 33.8 Å². The van der Waals surface area contributed by atoms with Crippen molar-refractivity contribution in [1.29, 1.82) is 0 Å². The molecule has 0 unspecified atom stereocenters. The third kappa shape index (κ3) is 7.09. The molecule has 0 spiro atoms. The van der Waals surface area contributed by atoms with Gasteiger partial charge in [0.1, 0.15) is 16.8 Å². The molecule has 11 heteroatoms. The number of rotatable bonds is 11. The Balaban J connectivity index is 1.62. The molecule has 4 rings (SSSR count). The van der Waals surface area contributed by atoms with Gasteiger partial charge in [0.15, 0.2) is 0 Å². The highest BCUT2D eigenvalue weighted by Gasteiger charge is 2.39. The zero-order valence-corrected chi connectivity index (χ0v) is 26.2. The van der Waals surface area contributed by atoms with Crippen LogP contribution in [0.1, 0.15) is 44.2 Å². The number of nitrogens with two attached hydrogens (primary N) is 1. The van der Waals surface area contributed by atoms with Crippen LogP contribution in [-0.2, 0) is 21.2 Å². The fourth-order valence-corrected chi connectivity index (χ4v) is 8.31. The molecule has 3 aromatic carbocycles. The highest BCUT2D eigenvalue weighted by molar-refractivity contribution is 7.89. The number of nitrogens with one attached hydrogen (secondary N) is 2. The standard InChI is InChI=1S/C31H37Cl2FN4O3S/c1-19(2)29(21-11-13-22(32)14-12-21)30(31(35)39)37-27-9-6-8-26(34)24(27)16-15-23-18-36-17-20(3)38(23)42(40,41)28-10-5-4-7-25(28)33/h4-14,19-20,23,29-30,36-37H,15-18H2,1-3H3,(H2,35,39)/t20-,23-,29+,30-/m0/s1. The van der Waals surface area contributed by atoms with E-state index in [4.69, 9.17) is 28.9 Å². The molecule has 0 aliphatic carbocycles. The lowest BCUT2D eigenvalue weighted by Crippen LogP contribution is -2.58. The van der Waals surface area contributed by atoms with Gasteiger partial charge in [0, 0.05) is 47.4 Å². The van der Waals surface area contributed by atoms with Crippen LogP contribution in [0.4, 0.5) is 10.1 Å². The van der Waals surface area contributed by atoms with Crippen LogP contribution in [0.2, 0.25) is 10.0 Å². The summed E-state index contributed by atoms with van der Waals surface area (Å²) in [6.07, 6.45) is 0.560. The first-order valence-electron chi connectivity index (χ1n) is 14.0. The first kappa shape index (κ1) is 32.2. The maximum Gasteiger partial charge on any atom is 0.245 e. The van der Waals surface area contributed by atoms with E-state index in [0.29, 0.717) is 35.8 Å². The number of carbonyl (C=O) groups excluding carboxylic acids is 1. The van der Waals surface area contributed by atoms with Crippen LogP contribution in [0.25, 0.3) is 0 Å². The summed E-state index contributed by atoms with van der Waals surface area (Å²) in [6.45, 7) is 6.71. The van der Waals surface area contributed by atoms with Gasteiger partial charge in [-0.3, -0.25) is 4.79 Å². The Labute approximate surface area is 257 Å². The molecule has 0 aromatic heterocycles. The number of benzene rings is 3. The molecular formula is C31H37Cl2FN4O3S. The number of hydrogen-bond donors (Lipinski definition) is 3. The van der Waals surface area contributed by atoms with E-state index in [-0.39, 0.29) is 34.2 Å². The van der Waals surface area contributed by atoms with Crippen LogP contribution in [0, 0.1) is 11.7 Å². The minimum atomic E-state index is -3.92. The van der Waals surface area contributed by atoms with Crippen LogP contribution in [-0.4, -0.2) is 49.8 Å². The molecule has 0 radical (unpaired) electrons. The van der Waals surface area contributed by atoms with Gasteiger partial charge in [-0.05, 0) is 67.6 Å². The molecule has 4 N–H and O–H groups in total. The van der Waals surface area contributed by atoms with Gasteiger partial charge >= 0.3 is 0 Å². The van der Waals surface area contributed by atoms with Gasteiger partial charge in [-0.2, -0.15) is 4.31 Å². The van der Waals surface area contributed by atoms with Crippen molar-refractivity contribution in [1.82, 2.24) is 9.62 Å². The van der Waals surface area contributed by atoms with Crippen LogP contribution in [0.5, 0.6) is 0 Å². The highest BCUT2D eigenvalue weighted by Crippen LogP contribution is 2.34. The molecule has 1 aliphatic rings. The van der Waals surface area contributed by atoms with Crippen molar-refractivity contribution in [2.24, 2.45) is 11.7 Å². The summed E-state index contributed by atoms with van der Waals surface area (Å²) in [6, 6.07) is 16.7. The van der Waals surface area contributed by atoms with Crippen molar-refractivity contribution >= 4 is 44.8 Å². The summed E-state index contributed by atoms with van der Waals surface area (Å²) in [7, 11) is -3.92. The lowest BCUT2D eigenvalue weighted by Gasteiger charge is -2.40. The second-order valence-electron chi connectivity index (χ2n) is 11.1. The van der Waals surface area contributed by atoms with E-state index in [2.05, 4.69) is 10.6 Å². The molecule has 226 valence electrons. The number of sulfonamides is 1. The Hall–Kier alpha value is -2.69. The van der Waals surface area contributed by atoms with E-state index in [1.54, 1.807) is 42.5 Å². The Kier molecular flexibility index (Phi) is 10.5. The lowest BCUT2D eigenvalue weighted by molar-refractivity contribution is -0.119. The average molecular weight is 636 g/mol. The monoisotopic (exact) mass is 634 g/mol. The van der Waals surface area contributed by atoms with E-state index in [1.807, 2.05) is 32.9 Å². The maximum absolute atomic E-state index is 15.4. The van der Waals surface area contributed by atoms with Gasteiger partial charge in [-0.1, -0.05) is 67.4 Å². The minimum absolute atomic E-state index is 0.0200. The Morgan fingerprint density at radius 2 is 1.76 bits per heavy atom. The fraction of sp³-hybridized carbons (Fsp3) is 0.387. The average Bonchev–Trinajstić information content (AvgIpc) is 2.93. The van der Waals surface area contributed by atoms with Crippen LogP contribution in [0.15, 0.2) is 71.6 Å². The summed E-state index contributed by atoms with van der Waals surface area (Å²) in [5, 5.41) is 7.27. The smallest absolute Gasteiger partial charge is 0.245 e. The number of anilines is 1. The molecule has 1 fully saturated rings. The summed E-state index contributed by atoms with van der Waals surface area (Å²) in [5.74, 6) is -1.31. The lowest BCUT2D eigenvalue weighted by atomic mass is 9.81. The molecule has 3 aromatic rings. The second kappa shape index (κ2) is 13.7. The van der Waals surface area contributed by atoms with Gasteiger partial charge < -0.3 is 16.4 Å². The van der Waals surface area contributed by atoms with Gasteiger partial charge in [0.05, 0.1) is 5.02 Å². The first-order valence-corrected chi connectivity index (χ1v) is 16.2. The van der Waals surface area contributed by atoms with E-state index in [1.165, 1.54) is 16.4 Å². The van der Waals surface area contributed by atoms with Crippen molar-refractivity contribution < 1.29 is 17.6 Å². The van der Waals surface area contributed by atoms with Crippen LogP contribution in [0.3, 0.4) is 0 Å². The Morgan fingerprint density at radius 1 is 1.07 bits per heavy atom. The third-order valence-corrected chi connectivity index (χ3v) is 10.6. The number of halogens is 3. The summed E-state index contributed by atoms with van der Waals surface area (Å²) >= 11 is 12.4. The SMILES string of the molecule is CC(C)[C@H](c1ccc(Cl)cc1)[C@H](Nc1cccc(F)c1CC[C@H]1CNC[C@H](C)N1S(=O)(=O)c1ccccc1Cl)C(N)=O. The van der Waals surface area contributed by atoms with Crippen molar-refractivity contribution in [3.63, 3.8) is 0 Å². The molecule has 1 amide bonds. The van der Waals surface area contributed by atoms with Crippen molar-refractivity contribution in [3.8, 4) is 0 Å². The number of amides is 1. The van der Waals surface area contributed by atoms with Gasteiger partial charge in [0.25, 0.3) is 0 Å². The molecule has 1 saturated heterocycles. The molecule has 42 heavy (non-hydrogen) atoms. The zero-order chi connectivity index (χ0) is 30.6. The zero-order valence-electron chi connectivity index (χ0n) is 23.9. The van der Waals surface area contributed by atoms with Crippen molar-refractivity contribution in [2.45, 2.75) is 62.6 Å². The highest BCUT2D eigenvalue weighted by atomic mass is 35.5. The molecule has 1 aliphatic heterocycles. The van der Waals surface area contributed by atoms with E-state index in [0.717, 1.165) is 5.56 Å². The van der Waals surface area contributed by atoms with Crippen molar-refractivity contribution in [3.05, 3.63) is 93.7 Å². The fourth-order valence-electron chi connectivity index (χ4n) is 5.84. The molecule has 7 nitrogen and oxygen atoms in total. The number of hydrogen-bond acceptors (Lipinski definition) is 5. The van der Waals surface area contributed by atoms with E-state index >= 15 is 4.39 Å². The first-order chi connectivity index (χ1) is 19.9. The molecule has 0 saturated carbocycles. The quantitative estimate of drug-likeness (QED) is 0.246. The molecule has 1 heterocycles. The number of nitrogens with zero attached hydrogens (tertiary/aromatic N) is 1. The predicted molar refractivity (Wildman–Crippen MR) is 167 cm³/mol. The normalized spacial score (nSPS) is 19.4. The minimum Gasteiger partial charge on any atom is -0.373 e.